The van der Waals surface area contributed by atoms with Crippen LogP contribution >= 0.6 is 0 Å². The number of furan rings is 1. The molecule has 0 amide bonds. The lowest BCUT2D eigenvalue weighted by molar-refractivity contribution is -0.385. The SMILES string of the molecule is O=[N+]([O-])c1cc(-c2ccco2)ccc1CC(O)c1ccc(-c2ccncc2)cc1. The van der Waals surface area contributed by atoms with E-state index in [4.69, 9.17) is 4.42 Å². The molecule has 29 heavy (non-hydrogen) atoms. The highest BCUT2D eigenvalue weighted by molar-refractivity contribution is 5.64. The zero-order chi connectivity index (χ0) is 20.2. The van der Waals surface area contributed by atoms with Gasteiger partial charge >= 0.3 is 0 Å². The molecule has 0 saturated heterocycles. The number of aliphatic hydroxyl groups is 1. The Labute approximate surface area is 167 Å². The van der Waals surface area contributed by atoms with Crippen LogP contribution in [0.1, 0.15) is 17.2 Å². The van der Waals surface area contributed by atoms with Gasteiger partial charge in [-0.1, -0.05) is 36.4 Å². The number of nitro benzene ring substituents is 1. The maximum atomic E-state index is 11.6. The van der Waals surface area contributed by atoms with E-state index in [2.05, 4.69) is 4.98 Å². The third-order valence-electron chi connectivity index (χ3n) is 4.81. The molecule has 1 N–H and O–H groups in total. The van der Waals surface area contributed by atoms with E-state index in [-0.39, 0.29) is 12.1 Å². The molecule has 0 bridgehead atoms. The van der Waals surface area contributed by atoms with Gasteiger partial charge in [-0.15, -0.1) is 0 Å². The Kier molecular flexibility index (Phi) is 5.18. The molecule has 2 heterocycles. The number of rotatable bonds is 6. The van der Waals surface area contributed by atoms with E-state index in [1.54, 1.807) is 36.7 Å². The van der Waals surface area contributed by atoms with E-state index in [1.165, 1.54) is 12.3 Å². The molecule has 6 nitrogen and oxygen atoms in total. The predicted molar refractivity (Wildman–Crippen MR) is 109 cm³/mol. The van der Waals surface area contributed by atoms with Gasteiger partial charge in [0.2, 0.25) is 0 Å². The first-order valence-corrected chi connectivity index (χ1v) is 9.11. The molecule has 0 radical (unpaired) electrons. The first-order chi connectivity index (χ1) is 14.1. The number of aliphatic hydroxyl groups excluding tert-OH is 1. The lowest BCUT2D eigenvalue weighted by Crippen LogP contribution is -2.04. The van der Waals surface area contributed by atoms with Gasteiger partial charge in [-0.2, -0.15) is 0 Å². The van der Waals surface area contributed by atoms with Crippen molar-refractivity contribution in [2.45, 2.75) is 12.5 Å². The van der Waals surface area contributed by atoms with E-state index in [0.717, 1.165) is 11.1 Å². The van der Waals surface area contributed by atoms with Crippen molar-refractivity contribution in [3.05, 3.63) is 107 Å². The van der Waals surface area contributed by atoms with Gasteiger partial charge in [-0.25, -0.2) is 0 Å². The molecule has 144 valence electrons. The Balaban J connectivity index is 1.56. The lowest BCUT2D eigenvalue weighted by Gasteiger charge is -2.13. The normalized spacial score (nSPS) is 11.9. The fourth-order valence-corrected chi connectivity index (χ4v) is 3.27. The average molecular weight is 386 g/mol. The molecule has 0 aliphatic rings. The molecule has 1 atom stereocenters. The quantitative estimate of drug-likeness (QED) is 0.364. The fraction of sp³-hybridized carbons (Fsp3) is 0.0870. The zero-order valence-electron chi connectivity index (χ0n) is 15.4. The lowest BCUT2D eigenvalue weighted by atomic mass is 9.97. The average Bonchev–Trinajstić information content (AvgIpc) is 3.29. The van der Waals surface area contributed by atoms with E-state index in [0.29, 0.717) is 22.5 Å². The standard InChI is InChI=1S/C23H18N2O4/c26-22(18-5-3-16(4-6-18)17-9-11-24-12-10-17)15-19-7-8-20(14-21(19)25(27)28)23-2-1-13-29-23/h1-14,22,26H,15H2. The summed E-state index contributed by atoms with van der Waals surface area (Å²) < 4.78 is 5.32. The minimum Gasteiger partial charge on any atom is -0.464 e. The molecular formula is C23H18N2O4. The van der Waals surface area contributed by atoms with Crippen LogP contribution in [0.4, 0.5) is 5.69 Å². The Hall–Kier alpha value is -3.77. The summed E-state index contributed by atoms with van der Waals surface area (Å²) in [6.07, 6.45) is 4.26. The summed E-state index contributed by atoms with van der Waals surface area (Å²) in [4.78, 5) is 15.1. The van der Waals surface area contributed by atoms with Gasteiger partial charge in [0.1, 0.15) is 5.76 Å². The Bertz CT molecular complexity index is 1110. The number of aromatic nitrogens is 1. The van der Waals surface area contributed by atoms with Crippen molar-refractivity contribution in [1.82, 2.24) is 4.98 Å². The number of benzene rings is 2. The second kappa shape index (κ2) is 8.08. The molecule has 0 aliphatic heterocycles. The van der Waals surface area contributed by atoms with E-state index in [9.17, 15) is 15.2 Å². The summed E-state index contributed by atoms with van der Waals surface area (Å²) in [5.41, 5.74) is 3.80. The topological polar surface area (TPSA) is 89.4 Å². The number of hydrogen-bond acceptors (Lipinski definition) is 5. The molecular weight excluding hydrogens is 368 g/mol. The van der Waals surface area contributed by atoms with Crippen LogP contribution in [-0.2, 0) is 6.42 Å². The van der Waals surface area contributed by atoms with Crippen LogP contribution in [0.5, 0.6) is 0 Å². The fourth-order valence-electron chi connectivity index (χ4n) is 3.27. The van der Waals surface area contributed by atoms with Crippen LogP contribution in [0.25, 0.3) is 22.5 Å². The third-order valence-corrected chi connectivity index (χ3v) is 4.81. The molecule has 2 aromatic carbocycles. The number of pyridine rings is 1. The highest BCUT2D eigenvalue weighted by atomic mass is 16.6. The van der Waals surface area contributed by atoms with Gasteiger partial charge in [0, 0.05) is 36.0 Å². The molecule has 0 saturated carbocycles. The van der Waals surface area contributed by atoms with Gasteiger partial charge in [-0.3, -0.25) is 15.1 Å². The zero-order valence-corrected chi connectivity index (χ0v) is 15.4. The van der Waals surface area contributed by atoms with Gasteiger partial charge in [0.15, 0.2) is 0 Å². The Morgan fingerprint density at radius 2 is 1.66 bits per heavy atom. The molecule has 0 spiro atoms. The van der Waals surface area contributed by atoms with E-state index < -0.39 is 11.0 Å². The van der Waals surface area contributed by atoms with Crippen LogP contribution in [0.2, 0.25) is 0 Å². The predicted octanol–water partition coefficient (Wildman–Crippen LogP) is 5.19. The van der Waals surface area contributed by atoms with Gasteiger partial charge in [0.25, 0.3) is 5.69 Å². The van der Waals surface area contributed by atoms with Crippen LogP contribution in [0, 0.1) is 10.1 Å². The largest absolute Gasteiger partial charge is 0.464 e. The minimum atomic E-state index is -0.852. The molecule has 0 fully saturated rings. The maximum Gasteiger partial charge on any atom is 0.273 e. The van der Waals surface area contributed by atoms with Crippen molar-refractivity contribution in [2.75, 3.05) is 0 Å². The first-order valence-electron chi connectivity index (χ1n) is 9.11. The van der Waals surface area contributed by atoms with Crippen molar-refractivity contribution in [1.29, 1.82) is 0 Å². The smallest absolute Gasteiger partial charge is 0.273 e. The second-order valence-corrected chi connectivity index (χ2v) is 6.66. The summed E-state index contributed by atoms with van der Waals surface area (Å²) in [7, 11) is 0. The van der Waals surface area contributed by atoms with Gasteiger partial charge in [-0.05, 0) is 41.0 Å². The monoisotopic (exact) mass is 386 g/mol. The van der Waals surface area contributed by atoms with Crippen LogP contribution in [0.15, 0.2) is 89.8 Å². The highest BCUT2D eigenvalue weighted by Crippen LogP contribution is 2.31. The molecule has 1 unspecified atom stereocenters. The Morgan fingerprint density at radius 3 is 2.31 bits per heavy atom. The van der Waals surface area contributed by atoms with Crippen molar-refractivity contribution < 1.29 is 14.4 Å². The maximum absolute atomic E-state index is 11.6. The Morgan fingerprint density at radius 1 is 0.966 bits per heavy atom. The summed E-state index contributed by atoms with van der Waals surface area (Å²) in [6, 6.07) is 19.7. The first kappa shape index (κ1) is 18.6. The van der Waals surface area contributed by atoms with Crippen molar-refractivity contribution in [2.24, 2.45) is 0 Å². The van der Waals surface area contributed by atoms with Gasteiger partial charge in [0.05, 0.1) is 17.3 Å². The summed E-state index contributed by atoms with van der Waals surface area (Å²) >= 11 is 0. The summed E-state index contributed by atoms with van der Waals surface area (Å²) in [6.45, 7) is 0. The minimum absolute atomic E-state index is 0.0358. The molecule has 2 aromatic heterocycles. The number of nitrogens with zero attached hydrogens (tertiary/aromatic N) is 2. The van der Waals surface area contributed by atoms with Crippen molar-refractivity contribution in [3.8, 4) is 22.5 Å². The number of nitro groups is 1. The van der Waals surface area contributed by atoms with Crippen LogP contribution < -0.4 is 0 Å². The third kappa shape index (κ3) is 4.07. The van der Waals surface area contributed by atoms with Crippen LogP contribution in [-0.4, -0.2) is 15.0 Å². The van der Waals surface area contributed by atoms with E-state index in [1.807, 2.05) is 36.4 Å². The van der Waals surface area contributed by atoms with Crippen molar-refractivity contribution >= 4 is 5.69 Å². The van der Waals surface area contributed by atoms with E-state index >= 15 is 0 Å². The molecule has 4 rings (SSSR count). The summed E-state index contributed by atoms with van der Waals surface area (Å²) in [5, 5.41) is 22.2. The molecule has 6 heteroatoms. The summed E-state index contributed by atoms with van der Waals surface area (Å²) in [5.74, 6) is 0.562. The second-order valence-electron chi connectivity index (χ2n) is 6.66. The van der Waals surface area contributed by atoms with Crippen molar-refractivity contribution in [3.63, 3.8) is 0 Å². The molecule has 4 aromatic rings. The highest BCUT2D eigenvalue weighted by Gasteiger charge is 2.19. The van der Waals surface area contributed by atoms with Crippen LogP contribution in [0.3, 0.4) is 0 Å². The van der Waals surface area contributed by atoms with Gasteiger partial charge < -0.3 is 9.52 Å². The molecule has 0 aliphatic carbocycles. The number of hydrogen-bond donors (Lipinski definition) is 1.